The van der Waals surface area contributed by atoms with Crippen molar-refractivity contribution in [2.45, 2.75) is 19.4 Å². The summed E-state index contributed by atoms with van der Waals surface area (Å²) in [6, 6.07) is 14.3. The first-order valence-corrected chi connectivity index (χ1v) is 9.65. The average Bonchev–Trinajstić information content (AvgIpc) is 3.18. The van der Waals surface area contributed by atoms with Crippen LogP contribution in [-0.2, 0) is 9.59 Å². The molecule has 1 unspecified atom stereocenters. The summed E-state index contributed by atoms with van der Waals surface area (Å²) >= 11 is 6.16. The normalized spacial score (nSPS) is 16.0. The molecule has 2 aromatic carbocycles. The Bertz CT molecular complexity index is 1050. The lowest BCUT2D eigenvalue weighted by Crippen LogP contribution is -2.42. The minimum Gasteiger partial charge on any atom is -0.374 e. The van der Waals surface area contributed by atoms with Gasteiger partial charge in [-0.15, -0.1) is 0 Å². The van der Waals surface area contributed by atoms with Gasteiger partial charge in [0.1, 0.15) is 0 Å². The number of rotatable bonds is 4. The molecular formula is C21H20ClN5O2. The van der Waals surface area contributed by atoms with E-state index < -0.39 is 0 Å². The van der Waals surface area contributed by atoms with E-state index in [9.17, 15) is 9.59 Å². The molecule has 1 aliphatic heterocycles. The number of fused-ring (bicyclic) bond motifs is 1. The maximum absolute atomic E-state index is 13.2. The highest BCUT2D eigenvalue weighted by molar-refractivity contribution is 6.31. The summed E-state index contributed by atoms with van der Waals surface area (Å²) in [4.78, 5) is 26.9. The highest BCUT2D eigenvalue weighted by Gasteiger charge is 2.29. The minimum absolute atomic E-state index is 0.0431. The third-order valence-corrected chi connectivity index (χ3v) is 5.00. The van der Waals surface area contributed by atoms with Gasteiger partial charge in [0.15, 0.2) is 0 Å². The predicted molar refractivity (Wildman–Crippen MR) is 114 cm³/mol. The summed E-state index contributed by atoms with van der Waals surface area (Å²) in [5.41, 5.74) is 2.80. The van der Waals surface area contributed by atoms with Crippen LogP contribution in [0.25, 0.3) is 5.69 Å². The van der Waals surface area contributed by atoms with Crippen molar-refractivity contribution >= 4 is 40.5 Å². The Morgan fingerprint density at radius 3 is 2.86 bits per heavy atom. The number of carbonyl (C=O) groups is 2. The van der Waals surface area contributed by atoms with Crippen molar-refractivity contribution < 1.29 is 9.59 Å². The van der Waals surface area contributed by atoms with Crippen LogP contribution in [0.5, 0.6) is 0 Å². The van der Waals surface area contributed by atoms with Crippen LogP contribution in [-0.4, -0.2) is 34.2 Å². The quantitative estimate of drug-likeness (QED) is 0.688. The maximum atomic E-state index is 13.2. The van der Waals surface area contributed by atoms with E-state index in [-0.39, 0.29) is 30.8 Å². The summed E-state index contributed by atoms with van der Waals surface area (Å²) < 4.78 is 1.70. The molecule has 0 fully saturated rings. The standard InChI is InChI=1S/C21H20ClN5O2/c1-14-11-20(28)25-16-5-2-3-6-19(16)27(14)21(29)13-23-17-12-15(22)7-8-18(17)26-10-4-9-24-26/h2-10,12,14,23H,11,13H2,1H3,(H,25,28). The molecule has 0 saturated carbocycles. The van der Waals surface area contributed by atoms with E-state index in [4.69, 9.17) is 11.6 Å². The average molecular weight is 410 g/mol. The molecule has 1 aliphatic rings. The summed E-state index contributed by atoms with van der Waals surface area (Å²) in [5.74, 6) is -0.253. The van der Waals surface area contributed by atoms with Crippen LogP contribution in [0, 0.1) is 0 Å². The van der Waals surface area contributed by atoms with Crippen LogP contribution >= 0.6 is 11.6 Å². The second-order valence-corrected chi connectivity index (χ2v) is 7.28. The molecule has 0 radical (unpaired) electrons. The van der Waals surface area contributed by atoms with E-state index in [1.165, 1.54) is 0 Å². The molecule has 2 amide bonds. The third kappa shape index (κ3) is 3.95. The summed E-state index contributed by atoms with van der Waals surface area (Å²) in [7, 11) is 0. The molecule has 1 aromatic heterocycles. The number of aromatic nitrogens is 2. The van der Waals surface area contributed by atoms with E-state index in [0.29, 0.717) is 22.1 Å². The number of hydrogen-bond donors (Lipinski definition) is 2. The Hall–Kier alpha value is -3.32. The van der Waals surface area contributed by atoms with E-state index in [2.05, 4.69) is 15.7 Å². The lowest BCUT2D eigenvalue weighted by molar-refractivity contribution is -0.118. The molecule has 2 heterocycles. The molecule has 4 rings (SSSR count). The van der Waals surface area contributed by atoms with Gasteiger partial charge in [-0.25, -0.2) is 4.68 Å². The second kappa shape index (κ2) is 7.97. The van der Waals surface area contributed by atoms with Crippen LogP contribution < -0.4 is 15.5 Å². The lowest BCUT2D eigenvalue weighted by Gasteiger charge is -2.28. The monoisotopic (exact) mass is 409 g/mol. The van der Waals surface area contributed by atoms with Gasteiger partial charge in [0.25, 0.3) is 0 Å². The first kappa shape index (κ1) is 19.0. The Balaban J connectivity index is 1.59. The number of anilines is 3. The highest BCUT2D eigenvalue weighted by atomic mass is 35.5. The molecule has 29 heavy (non-hydrogen) atoms. The van der Waals surface area contributed by atoms with Gasteiger partial charge in [-0.3, -0.25) is 9.59 Å². The second-order valence-electron chi connectivity index (χ2n) is 6.85. The van der Waals surface area contributed by atoms with Gasteiger partial charge in [0.2, 0.25) is 11.8 Å². The maximum Gasteiger partial charge on any atom is 0.246 e. The molecule has 148 valence electrons. The summed E-state index contributed by atoms with van der Waals surface area (Å²) in [5, 5.41) is 10.8. The minimum atomic E-state index is -0.266. The van der Waals surface area contributed by atoms with Crippen molar-refractivity contribution in [2.24, 2.45) is 0 Å². The Kier molecular flexibility index (Phi) is 5.22. The molecule has 0 aliphatic carbocycles. The fraction of sp³-hybridized carbons (Fsp3) is 0.190. The molecule has 8 heteroatoms. The van der Waals surface area contributed by atoms with Crippen molar-refractivity contribution in [1.29, 1.82) is 0 Å². The first-order chi connectivity index (χ1) is 14.0. The number of amides is 2. The molecule has 1 atom stereocenters. The number of benzene rings is 2. The van der Waals surface area contributed by atoms with Crippen molar-refractivity contribution in [1.82, 2.24) is 9.78 Å². The van der Waals surface area contributed by atoms with Crippen LogP contribution in [0.15, 0.2) is 60.9 Å². The summed E-state index contributed by atoms with van der Waals surface area (Å²) in [6.07, 6.45) is 3.74. The zero-order valence-corrected chi connectivity index (χ0v) is 16.6. The Morgan fingerprint density at radius 2 is 2.07 bits per heavy atom. The molecular weight excluding hydrogens is 390 g/mol. The fourth-order valence-electron chi connectivity index (χ4n) is 3.48. The van der Waals surface area contributed by atoms with Crippen LogP contribution in [0.4, 0.5) is 17.1 Å². The van der Waals surface area contributed by atoms with Crippen LogP contribution in [0.3, 0.4) is 0 Å². The highest BCUT2D eigenvalue weighted by Crippen LogP contribution is 2.31. The molecule has 0 bridgehead atoms. The molecule has 0 spiro atoms. The van der Waals surface area contributed by atoms with Gasteiger partial charge in [0.05, 0.1) is 29.3 Å². The zero-order valence-electron chi connectivity index (χ0n) is 15.8. The van der Waals surface area contributed by atoms with Crippen molar-refractivity contribution in [3.63, 3.8) is 0 Å². The first-order valence-electron chi connectivity index (χ1n) is 9.27. The van der Waals surface area contributed by atoms with Crippen molar-refractivity contribution in [3.8, 4) is 5.69 Å². The van der Waals surface area contributed by atoms with Crippen LogP contribution in [0.2, 0.25) is 5.02 Å². The van der Waals surface area contributed by atoms with Crippen molar-refractivity contribution in [3.05, 3.63) is 65.9 Å². The number of carbonyl (C=O) groups excluding carboxylic acids is 2. The number of nitrogens with zero attached hydrogens (tertiary/aromatic N) is 3. The van der Waals surface area contributed by atoms with Gasteiger partial charge in [-0.1, -0.05) is 23.7 Å². The predicted octanol–water partition coefficient (Wildman–Crippen LogP) is 3.70. The van der Waals surface area contributed by atoms with Gasteiger partial charge < -0.3 is 15.5 Å². The molecule has 3 aromatic rings. The Morgan fingerprint density at radius 1 is 1.24 bits per heavy atom. The van der Waals surface area contributed by atoms with Gasteiger partial charge >= 0.3 is 0 Å². The van der Waals surface area contributed by atoms with Gasteiger partial charge in [-0.2, -0.15) is 5.10 Å². The number of nitrogens with one attached hydrogen (secondary N) is 2. The van der Waals surface area contributed by atoms with E-state index in [1.807, 2.05) is 43.5 Å². The van der Waals surface area contributed by atoms with E-state index in [1.54, 1.807) is 34.0 Å². The molecule has 2 N–H and O–H groups in total. The number of para-hydroxylation sites is 2. The zero-order chi connectivity index (χ0) is 20.4. The SMILES string of the molecule is CC1CC(=O)Nc2ccccc2N1C(=O)CNc1cc(Cl)ccc1-n1cccn1. The van der Waals surface area contributed by atoms with Crippen LogP contribution in [0.1, 0.15) is 13.3 Å². The number of hydrogen-bond acceptors (Lipinski definition) is 4. The molecule has 7 nitrogen and oxygen atoms in total. The molecule has 0 saturated heterocycles. The Labute approximate surface area is 173 Å². The lowest BCUT2D eigenvalue weighted by atomic mass is 10.1. The summed E-state index contributed by atoms with van der Waals surface area (Å²) in [6.45, 7) is 1.91. The van der Waals surface area contributed by atoms with E-state index >= 15 is 0 Å². The largest absolute Gasteiger partial charge is 0.374 e. The van der Waals surface area contributed by atoms with E-state index in [0.717, 1.165) is 5.69 Å². The smallest absolute Gasteiger partial charge is 0.246 e. The third-order valence-electron chi connectivity index (χ3n) is 4.77. The number of halogens is 1. The van der Waals surface area contributed by atoms with Crippen molar-refractivity contribution in [2.75, 3.05) is 22.1 Å². The van der Waals surface area contributed by atoms with Gasteiger partial charge in [-0.05, 0) is 43.3 Å². The fourth-order valence-corrected chi connectivity index (χ4v) is 3.66. The topological polar surface area (TPSA) is 79.3 Å². The van der Waals surface area contributed by atoms with Gasteiger partial charge in [0, 0.05) is 29.9 Å².